The SMILES string of the molecule is CC(Oc1ccccc1)C(=O)NCCNc1ccccc1[N+](=O)[O-]. The van der Waals surface area contributed by atoms with Gasteiger partial charge in [0.1, 0.15) is 11.4 Å². The molecule has 1 atom stereocenters. The Labute approximate surface area is 139 Å². The number of hydrogen-bond acceptors (Lipinski definition) is 5. The van der Waals surface area contributed by atoms with Crippen molar-refractivity contribution >= 4 is 17.3 Å². The minimum atomic E-state index is -0.626. The van der Waals surface area contributed by atoms with Crippen LogP contribution in [0, 0.1) is 10.1 Å². The van der Waals surface area contributed by atoms with Crippen molar-refractivity contribution in [3.8, 4) is 5.75 Å². The van der Waals surface area contributed by atoms with Crippen LogP contribution in [0.3, 0.4) is 0 Å². The van der Waals surface area contributed by atoms with Gasteiger partial charge in [-0.3, -0.25) is 14.9 Å². The summed E-state index contributed by atoms with van der Waals surface area (Å²) >= 11 is 0. The standard InChI is InChI=1S/C17H19N3O4/c1-13(24-14-7-3-2-4-8-14)17(21)19-12-11-18-15-9-5-6-10-16(15)20(22)23/h2-10,13,18H,11-12H2,1H3,(H,19,21). The van der Waals surface area contributed by atoms with Crippen molar-refractivity contribution in [1.82, 2.24) is 5.32 Å². The van der Waals surface area contributed by atoms with E-state index in [1.165, 1.54) is 6.07 Å². The topological polar surface area (TPSA) is 93.5 Å². The molecule has 0 aliphatic rings. The van der Waals surface area contributed by atoms with E-state index >= 15 is 0 Å². The maximum atomic E-state index is 12.0. The average molecular weight is 329 g/mol. The van der Waals surface area contributed by atoms with Crippen LogP contribution >= 0.6 is 0 Å². The number of amides is 1. The number of hydrogen-bond donors (Lipinski definition) is 2. The van der Waals surface area contributed by atoms with Crippen LogP contribution in [0.4, 0.5) is 11.4 Å². The Balaban J connectivity index is 1.76. The van der Waals surface area contributed by atoms with Gasteiger partial charge >= 0.3 is 0 Å². The zero-order chi connectivity index (χ0) is 17.4. The van der Waals surface area contributed by atoms with Gasteiger partial charge in [-0.15, -0.1) is 0 Å². The number of ether oxygens (including phenoxy) is 1. The minimum absolute atomic E-state index is 0.00426. The zero-order valence-corrected chi connectivity index (χ0v) is 13.3. The highest BCUT2D eigenvalue weighted by molar-refractivity contribution is 5.80. The van der Waals surface area contributed by atoms with Crippen LogP contribution in [0.5, 0.6) is 5.75 Å². The van der Waals surface area contributed by atoms with E-state index in [1.807, 2.05) is 18.2 Å². The predicted molar refractivity (Wildman–Crippen MR) is 91.1 cm³/mol. The van der Waals surface area contributed by atoms with Gasteiger partial charge in [0.25, 0.3) is 11.6 Å². The van der Waals surface area contributed by atoms with Crippen LogP contribution in [0.25, 0.3) is 0 Å². The summed E-state index contributed by atoms with van der Waals surface area (Å²) in [6.45, 7) is 2.36. The fourth-order valence-electron chi connectivity index (χ4n) is 2.07. The number of nitro benzene ring substituents is 1. The van der Waals surface area contributed by atoms with E-state index in [0.29, 0.717) is 24.5 Å². The minimum Gasteiger partial charge on any atom is -0.481 e. The van der Waals surface area contributed by atoms with Crippen molar-refractivity contribution < 1.29 is 14.5 Å². The number of nitrogens with one attached hydrogen (secondary N) is 2. The Kier molecular flexibility index (Phi) is 6.13. The molecule has 0 heterocycles. The highest BCUT2D eigenvalue weighted by Gasteiger charge is 2.14. The van der Waals surface area contributed by atoms with Gasteiger partial charge in [0.2, 0.25) is 0 Å². The second-order valence-corrected chi connectivity index (χ2v) is 5.07. The molecule has 2 rings (SSSR count). The predicted octanol–water partition coefficient (Wildman–Crippen LogP) is 2.59. The summed E-state index contributed by atoms with van der Waals surface area (Å²) in [4.78, 5) is 22.4. The first-order valence-corrected chi connectivity index (χ1v) is 7.54. The van der Waals surface area contributed by atoms with E-state index in [-0.39, 0.29) is 11.6 Å². The maximum Gasteiger partial charge on any atom is 0.292 e. The molecule has 0 saturated heterocycles. The van der Waals surface area contributed by atoms with E-state index < -0.39 is 11.0 Å². The molecule has 7 heteroatoms. The summed E-state index contributed by atoms with van der Waals surface area (Å²) in [5, 5.41) is 16.6. The molecule has 0 bridgehead atoms. The number of carbonyl (C=O) groups is 1. The third-order valence-electron chi connectivity index (χ3n) is 3.27. The number of rotatable bonds is 8. The van der Waals surface area contributed by atoms with E-state index in [1.54, 1.807) is 37.3 Å². The van der Waals surface area contributed by atoms with Gasteiger partial charge in [-0.05, 0) is 25.1 Å². The van der Waals surface area contributed by atoms with Crippen molar-refractivity contribution in [2.24, 2.45) is 0 Å². The Bertz CT molecular complexity index is 691. The zero-order valence-electron chi connectivity index (χ0n) is 13.3. The van der Waals surface area contributed by atoms with Gasteiger partial charge in [-0.1, -0.05) is 30.3 Å². The number of carbonyl (C=O) groups excluding carboxylic acids is 1. The van der Waals surface area contributed by atoms with E-state index in [4.69, 9.17) is 4.74 Å². The van der Waals surface area contributed by atoms with Crippen molar-refractivity contribution in [1.29, 1.82) is 0 Å². The molecule has 0 radical (unpaired) electrons. The van der Waals surface area contributed by atoms with Gasteiger partial charge in [0.15, 0.2) is 6.10 Å². The fourth-order valence-corrected chi connectivity index (χ4v) is 2.07. The number of para-hydroxylation sites is 3. The summed E-state index contributed by atoms with van der Waals surface area (Å²) in [7, 11) is 0. The molecule has 2 aromatic carbocycles. The molecule has 0 fully saturated rings. The van der Waals surface area contributed by atoms with Crippen molar-refractivity contribution in [3.05, 3.63) is 64.7 Å². The number of anilines is 1. The van der Waals surface area contributed by atoms with E-state index in [2.05, 4.69) is 10.6 Å². The molecular formula is C17H19N3O4. The molecular weight excluding hydrogens is 310 g/mol. The number of nitrogens with zero attached hydrogens (tertiary/aromatic N) is 1. The third kappa shape index (κ3) is 4.98. The third-order valence-corrected chi connectivity index (χ3v) is 3.27. The molecule has 126 valence electrons. The molecule has 0 saturated carbocycles. The summed E-state index contributed by atoms with van der Waals surface area (Å²) in [5.41, 5.74) is 0.426. The Morgan fingerprint density at radius 3 is 2.50 bits per heavy atom. The maximum absolute atomic E-state index is 12.0. The number of nitro groups is 1. The van der Waals surface area contributed by atoms with Crippen LogP contribution in [-0.4, -0.2) is 30.0 Å². The second kappa shape index (κ2) is 8.52. The van der Waals surface area contributed by atoms with Crippen molar-refractivity contribution in [2.45, 2.75) is 13.0 Å². The normalized spacial score (nSPS) is 11.4. The first kappa shape index (κ1) is 17.3. The first-order valence-electron chi connectivity index (χ1n) is 7.54. The lowest BCUT2D eigenvalue weighted by Crippen LogP contribution is -2.38. The summed E-state index contributed by atoms with van der Waals surface area (Å²) in [5.74, 6) is 0.376. The van der Waals surface area contributed by atoms with Gasteiger partial charge < -0.3 is 15.4 Å². The van der Waals surface area contributed by atoms with E-state index in [9.17, 15) is 14.9 Å². The Hall–Kier alpha value is -3.09. The van der Waals surface area contributed by atoms with Crippen molar-refractivity contribution in [3.63, 3.8) is 0 Å². The molecule has 0 spiro atoms. The van der Waals surface area contributed by atoms with Gasteiger partial charge in [-0.2, -0.15) is 0 Å². The number of benzene rings is 2. The molecule has 2 aromatic rings. The van der Waals surface area contributed by atoms with Gasteiger partial charge in [-0.25, -0.2) is 0 Å². The van der Waals surface area contributed by atoms with Crippen molar-refractivity contribution in [2.75, 3.05) is 18.4 Å². The molecule has 1 unspecified atom stereocenters. The fraction of sp³-hybridized carbons (Fsp3) is 0.235. The largest absolute Gasteiger partial charge is 0.481 e. The Morgan fingerprint density at radius 2 is 1.79 bits per heavy atom. The van der Waals surface area contributed by atoms with Crippen LogP contribution < -0.4 is 15.4 Å². The lowest BCUT2D eigenvalue weighted by atomic mass is 10.2. The molecule has 2 N–H and O–H groups in total. The molecule has 0 aromatic heterocycles. The molecule has 0 aliphatic carbocycles. The quantitative estimate of drug-likeness (QED) is 0.441. The highest BCUT2D eigenvalue weighted by Crippen LogP contribution is 2.22. The average Bonchev–Trinajstić information content (AvgIpc) is 2.59. The monoisotopic (exact) mass is 329 g/mol. The summed E-state index contributed by atoms with van der Waals surface area (Å²) in [6, 6.07) is 15.5. The lowest BCUT2D eigenvalue weighted by molar-refractivity contribution is -0.384. The van der Waals surface area contributed by atoms with Gasteiger partial charge in [0.05, 0.1) is 4.92 Å². The van der Waals surface area contributed by atoms with Gasteiger partial charge in [0, 0.05) is 19.2 Å². The van der Waals surface area contributed by atoms with Crippen LogP contribution in [0.2, 0.25) is 0 Å². The van der Waals surface area contributed by atoms with Crippen LogP contribution in [0.15, 0.2) is 54.6 Å². The second-order valence-electron chi connectivity index (χ2n) is 5.07. The molecule has 0 aliphatic heterocycles. The molecule has 7 nitrogen and oxygen atoms in total. The smallest absolute Gasteiger partial charge is 0.292 e. The van der Waals surface area contributed by atoms with Crippen LogP contribution in [-0.2, 0) is 4.79 Å². The summed E-state index contributed by atoms with van der Waals surface area (Å²) < 4.78 is 5.52. The summed E-state index contributed by atoms with van der Waals surface area (Å²) in [6.07, 6.45) is -0.626. The molecule has 1 amide bonds. The first-order chi connectivity index (χ1) is 11.6. The molecule has 24 heavy (non-hydrogen) atoms. The van der Waals surface area contributed by atoms with Crippen LogP contribution in [0.1, 0.15) is 6.92 Å². The Morgan fingerprint density at radius 1 is 1.12 bits per heavy atom. The lowest BCUT2D eigenvalue weighted by Gasteiger charge is -2.15. The van der Waals surface area contributed by atoms with E-state index in [0.717, 1.165) is 0 Å². The highest BCUT2D eigenvalue weighted by atomic mass is 16.6.